The largest absolute Gasteiger partial charge is 0.246 e. The van der Waals surface area contributed by atoms with Crippen molar-refractivity contribution in [2.45, 2.75) is 9.79 Å². The fourth-order valence-corrected chi connectivity index (χ4v) is 5.64. The zero-order valence-electron chi connectivity index (χ0n) is 16.4. The fraction of sp³-hybridized carbons (Fsp3) is 0.250. The van der Waals surface area contributed by atoms with Gasteiger partial charge in [0.1, 0.15) is 26.7 Å². The molecule has 0 unspecified atom stereocenters. The molecule has 1 aliphatic heterocycles. The molecule has 3 rings (SSSR count). The second-order valence-corrected chi connectivity index (χ2v) is 10.5. The van der Waals surface area contributed by atoms with E-state index in [1.54, 1.807) is 12.1 Å². The molecule has 0 radical (unpaired) electrons. The normalized spacial score (nSPS) is 16.9. The summed E-state index contributed by atoms with van der Waals surface area (Å²) in [6.45, 7) is -3.69. The Bertz CT molecular complexity index is 1090. The summed E-state index contributed by atoms with van der Waals surface area (Å²) in [5, 5.41) is 22.0. The standard InChI is InChI=1S/C16H18N6O8S2/c23-21(24)17-11-19(31(27,28)15-7-3-1-4-8-15)12-18(22(25)26)14-20(13-17)32(29,30)16-9-5-2-6-10-16/h1-10H,11-14H2. The van der Waals surface area contributed by atoms with E-state index in [1.165, 1.54) is 48.5 Å². The highest BCUT2D eigenvalue weighted by Gasteiger charge is 2.41. The molecule has 0 aliphatic carbocycles. The monoisotopic (exact) mass is 486 g/mol. The molecular formula is C16H18N6O8S2. The van der Waals surface area contributed by atoms with E-state index in [0.717, 1.165) is 0 Å². The lowest BCUT2D eigenvalue weighted by Gasteiger charge is -2.34. The predicted octanol–water partition coefficient (Wildman–Crippen LogP) is 0.199. The number of hydrogen-bond donors (Lipinski definition) is 0. The SMILES string of the molecule is O=[N+]([O-])N1CN(S(=O)(=O)c2ccccc2)CN([N+](=O)[O-])CN(S(=O)(=O)c2ccccc2)C1. The molecule has 0 aromatic heterocycles. The third kappa shape index (κ3) is 4.77. The van der Waals surface area contributed by atoms with Crippen molar-refractivity contribution in [3.05, 3.63) is 80.9 Å². The molecule has 1 heterocycles. The summed E-state index contributed by atoms with van der Waals surface area (Å²) in [5.74, 6) is 0. The average molecular weight is 486 g/mol. The van der Waals surface area contributed by atoms with Gasteiger partial charge in [-0.25, -0.2) is 37.1 Å². The van der Waals surface area contributed by atoms with Crippen LogP contribution in [0.25, 0.3) is 0 Å². The number of nitrogens with zero attached hydrogens (tertiary/aromatic N) is 6. The maximum absolute atomic E-state index is 13.0. The van der Waals surface area contributed by atoms with Crippen molar-refractivity contribution in [3.8, 4) is 0 Å². The van der Waals surface area contributed by atoms with Crippen molar-refractivity contribution in [3.63, 3.8) is 0 Å². The van der Waals surface area contributed by atoms with Gasteiger partial charge in [-0.3, -0.25) is 0 Å². The quantitative estimate of drug-likeness (QED) is 0.406. The first kappa shape index (κ1) is 23.3. The molecule has 0 amide bonds. The lowest BCUT2D eigenvalue weighted by molar-refractivity contribution is -0.681. The minimum atomic E-state index is -4.37. The van der Waals surface area contributed by atoms with E-state index < -0.39 is 56.8 Å². The van der Waals surface area contributed by atoms with Crippen LogP contribution < -0.4 is 0 Å². The van der Waals surface area contributed by atoms with E-state index >= 15 is 0 Å². The van der Waals surface area contributed by atoms with Gasteiger partial charge in [-0.2, -0.15) is 0 Å². The van der Waals surface area contributed by atoms with Crippen LogP contribution in [0, 0.1) is 20.2 Å². The van der Waals surface area contributed by atoms with Crippen LogP contribution in [0.4, 0.5) is 0 Å². The Morgan fingerprint density at radius 3 is 1.12 bits per heavy atom. The molecule has 0 spiro atoms. The van der Waals surface area contributed by atoms with E-state index in [1.807, 2.05) is 0 Å². The Labute approximate surface area is 183 Å². The lowest BCUT2D eigenvalue weighted by atomic mass is 10.4. The number of sulfonamides is 2. The molecule has 14 nitrogen and oxygen atoms in total. The molecule has 2 aromatic carbocycles. The highest BCUT2D eigenvalue weighted by atomic mass is 32.2. The third-order valence-corrected chi connectivity index (χ3v) is 8.07. The first-order valence-corrected chi connectivity index (χ1v) is 11.8. The van der Waals surface area contributed by atoms with E-state index in [0.29, 0.717) is 18.6 Å². The Kier molecular flexibility index (Phi) is 6.58. The van der Waals surface area contributed by atoms with Crippen molar-refractivity contribution in [1.82, 2.24) is 18.6 Å². The van der Waals surface area contributed by atoms with Crippen molar-refractivity contribution in [2.75, 3.05) is 26.7 Å². The first-order chi connectivity index (χ1) is 15.0. The average Bonchev–Trinajstić information content (AvgIpc) is 2.74. The summed E-state index contributed by atoms with van der Waals surface area (Å²) >= 11 is 0. The van der Waals surface area contributed by atoms with E-state index in [9.17, 15) is 37.1 Å². The number of nitro groups is 2. The van der Waals surface area contributed by atoms with Crippen LogP contribution in [0.3, 0.4) is 0 Å². The summed E-state index contributed by atoms with van der Waals surface area (Å²) < 4.78 is 53.0. The Morgan fingerprint density at radius 2 is 0.875 bits per heavy atom. The van der Waals surface area contributed by atoms with Gasteiger partial charge >= 0.3 is 0 Å². The predicted molar refractivity (Wildman–Crippen MR) is 108 cm³/mol. The highest BCUT2D eigenvalue weighted by molar-refractivity contribution is 7.89. The van der Waals surface area contributed by atoms with Crippen LogP contribution in [0.5, 0.6) is 0 Å². The van der Waals surface area contributed by atoms with Crippen LogP contribution in [0.2, 0.25) is 0 Å². The second-order valence-electron chi connectivity index (χ2n) is 6.59. The summed E-state index contributed by atoms with van der Waals surface area (Å²) in [7, 11) is -8.73. The van der Waals surface area contributed by atoms with Gasteiger partial charge in [-0.1, -0.05) is 46.4 Å². The van der Waals surface area contributed by atoms with Crippen molar-refractivity contribution in [2.24, 2.45) is 0 Å². The second kappa shape index (κ2) is 9.03. The molecule has 0 N–H and O–H groups in total. The highest BCUT2D eigenvalue weighted by Crippen LogP contribution is 2.22. The van der Waals surface area contributed by atoms with Crippen LogP contribution >= 0.6 is 0 Å². The van der Waals surface area contributed by atoms with Crippen LogP contribution in [0.1, 0.15) is 0 Å². The van der Waals surface area contributed by atoms with Crippen molar-refractivity contribution >= 4 is 20.0 Å². The van der Waals surface area contributed by atoms with Crippen LogP contribution in [-0.4, -0.2) is 72.2 Å². The van der Waals surface area contributed by atoms with Crippen molar-refractivity contribution in [1.29, 1.82) is 0 Å². The molecular weight excluding hydrogens is 468 g/mol. The van der Waals surface area contributed by atoms with Gasteiger partial charge in [0, 0.05) is 0 Å². The maximum Gasteiger partial charge on any atom is 0.246 e. The van der Waals surface area contributed by atoms with Crippen molar-refractivity contribution < 1.29 is 26.9 Å². The molecule has 0 atom stereocenters. The van der Waals surface area contributed by atoms with Crippen LogP contribution in [0.15, 0.2) is 70.5 Å². The zero-order chi connectivity index (χ0) is 23.5. The summed E-state index contributed by atoms with van der Waals surface area (Å²) in [5.41, 5.74) is 0. The molecule has 0 bridgehead atoms. The molecule has 172 valence electrons. The summed E-state index contributed by atoms with van der Waals surface area (Å²) in [6.07, 6.45) is 0. The molecule has 16 heteroatoms. The Balaban J connectivity index is 2.02. The first-order valence-electron chi connectivity index (χ1n) is 8.92. The number of hydrazine groups is 2. The van der Waals surface area contributed by atoms with E-state index in [-0.39, 0.29) is 9.79 Å². The Hall–Kier alpha value is -3.34. The molecule has 0 saturated carbocycles. The van der Waals surface area contributed by atoms with E-state index in [2.05, 4.69) is 0 Å². The van der Waals surface area contributed by atoms with Gasteiger partial charge in [0.05, 0.1) is 9.79 Å². The summed E-state index contributed by atoms with van der Waals surface area (Å²) in [4.78, 5) is 22.7. The van der Waals surface area contributed by atoms with Gasteiger partial charge in [0.25, 0.3) is 0 Å². The smallest absolute Gasteiger partial charge is 0.235 e. The number of benzene rings is 2. The van der Waals surface area contributed by atoms with E-state index in [4.69, 9.17) is 0 Å². The molecule has 32 heavy (non-hydrogen) atoms. The molecule has 2 aromatic rings. The van der Waals surface area contributed by atoms with Gasteiger partial charge in [0.15, 0.2) is 10.1 Å². The summed E-state index contributed by atoms with van der Waals surface area (Å²) in [6, 6.07) is 13.8. The topological polar surface area (TPSA) is 168 Å². The minimum Gasteiger partial charge on any atom is -0.235 e. The molecule has 1 fully saturated rings. The number of hydrogen-bond acceptors (Lipinski definition) is 8. The van der Waals surface area contributed by atoms with Gasteiger partial charge in [-0.05, 0) is 24.3 Å². The van der Waals surface area contributed by atoms with Gasteiger partial charge in [-0.15, -0.1) is 8.61 Å². The van der Waals surface area contributed by atoms with Gasteiger partial charge < -0.3 is 0 Å². The van der Waals surface area contributed by atoms with Crippen LogP contribution in [-0.2, 0) is 20.0 Å². The zero-order valence-corrected chi connectivity index (χ0v) is 18.0. The lowest BCUT2D eigenvalue weighted by Crippen LogP contribution is -2.59. The fourth-order valence-electron chi connectivity index (χ4n) is 2.90. The Morgan fingerprint density at radius 1 is 0.594 bits per heavy atom. The minimum absolute atomic E-state index is 0.221. The third-order valence-electron chi connectivity index (χ3n) is 4.51. The molecule has 1 saturated heterocycles. The number of rotatable bonds is 6. The van der Waals surface area contributed by atoms with Gasteiger partial charge in [0.2, 0.25) is 20.0 Å². The molecule has 1 aliphatic rings. The maximum atomic E-state index is 13.0.